The number of piperidine rings is 1. The number of hydrogen-bond donors (Lipinski definition) is 0. The van der Waals surface area contributed by atoms with Crippen molar-refractivity contribution in [3.8, 4) is 0 Å². The lowest BCUT2D eigenvalue weighted by molar-refractivity contribution is -0.840. The Balaban J connectivity index is 2.31. The maximum absolute atomic E-state index is 11.9. The molecular weight excluding hydrogens is 244 g/mol. The van der Waals surface area contributed by atoms with E-state index >= 15 is 0 Å². The Morgan fingerprint density at radius 3 is 2.26 bits per heavy atom. The van der Waals surface area contributed by atoms with Gasteiger partial charge in [-0.2, -0.15) is 0 Å². The van der Waals surface area contributed by atoms with Crippen molar-refractivity contribution in [1.82, 2.24) is 4.90 Å². The Bertz CT molecular complexity index is 297. The fourth-order valence-corrected chi connectivity index (χ4v) is 2.22. The maximum Gasteiger partial charge on any atom is 0.410 e. The number of hydrogen-bond acceptors (Lipinski definition) is 3. The van der Waals surface area contributed by atoms with E-state index in [2.05, 4.69) is 0 Å². The van der Waals surface area contributed by atoms with Crippen molar-refractivity contribution in [3.63, 3.8) is 0 Å². The van der Waals surface area contributed by atoms with Crippen LogP contribution in [0.2, 0.25) is 0 Å². The molecule has 112 valence electrons. The summed E-state index contributed by atoms with van der Waals surface area (Å²) in [5.74, 6) is 0.560. The minimum atomic E-state index is -0.433. The number of amides is 1. The average molecular weight is 272 g/mol. The minimum Gasteiger partial charge on any atom is -0.633 e. The smallest absolute Gasteiger partial charge is 0.410 e. The van der Waals surface area contributed by atoms with Crippen LogP contribution in [0, 0.1) is 11.1 Å². The monoisotopic (exact) mass is 272 g/mol. The molecule has 1 heterocycles. The zero-order valence-electron chi connectivity index (χ0n) is 12.9. The third-order valence-electron chi connectivity index (χ3n) is 3.34. The number of nitrogens with zero attached hydrogens (tertiary/aromatic N) is 2. The van der Waals surface area contributed by atoms with Crippen LogP contribution in [0.1, 0.15) is 40.0 Å². The highest BCUT2D eigenvalue weighted by Crippen LogP contribution is 2.22. The van der Waals surface area contributed by atoms with Crippen LogP contribution in [0.25, 0.3) is 0 Å². The van der Waals surface area contributed by atoms with E-state index in [1.807, 2.05) is 20.8 Å². The summed E-state index contributed by atoms with van der Waals surface area (Å²) < 4.78 is 5.13. The molecule has 0 bridgehead atoms. The lowest BCUT2D eigenvalue weighted by Crippen LogP contribution is -2.42. The second-order valence-electron chi connectivity index (χ2n) is 7.00. The van der Waals surface area contributed by atoms with Crippen molar-refractivity contribution in [1.29, 1.82) is 0 Å². The number of carbonyl (C=O) groups is 1. The quantitative estimate of drug-likeness (QED) is 0.586. The van der Waals surface area contributed by atoms with Gasteiger partial charge >= 0.3 is 6.09 Å². The van der Waals surface area contributed by atoms with Crippen LogP contribution in [0.5, 0.6) is 0 Å². The molecule has 1 saturated heterocycles. The van der Waals surface area contributed by atoms with Crippen molar-refractivity contribution in [2.75, 3.05) is 33.7 Å². The van der Waals surface area contributed by atoms with Gasteiger partial charge in [0.05, 0.1) is 20.6 Å². The zero-order valence-corrected chi connectivity index (χ0v) is 12.9. The van der Waals surface area contributed by atoms with Crippen LogP contribution in [-0.4, -0.2) is 55.0 Å². The standard InChI is InChI=1S/C14H28N2O3/c1-14(2,3)19-13(17)15-9-6-12(7-10-15)8-11-16(4,5)18/h12H,6-11H2,1-5H3. The van der Waals surface area contributed by atoms with Crippen molar-refractivity contribution in [2.45, 2.75) is 45.6 Å². The lowest BCUT2D eigenvalue weighted by atomic mass is 9.93. The zero-order chi connectivity index (χ0) is 14.7. The summed E-state index contributed by atoms with van der Waals surface area (Å²) in [6.45, 7) is 7.78. The first-order chi connectivity index (χ1) is 8.57. The molecule has 1 amide bonds. The van der Waals surface area contributed by atoms with Crippen molar-refractivity contribution in [2.24, 2.45) is 5.92 Å². The number of rotatable bonds is 3. The molecule has 1 rings (SSSR count). The van der Waals surface area contributed by atoms with Crippen LogP contribution in [0.15, 0.2) is 0 Å². The predicted octanol–water partition coefficient (Wildman–Crippen LogP) is 2.60. The van der Waals surface area contributed by atoms with Gasteiger partial charge in [-0.15, -0.1) is 0 Å². The van der Waals surface area contributed by atoms with Gasteiger partial charge in [0.1, 0.15) is 5.60 Å². The van der Waals surface area contributed by atoms with Gasteiger partial charge in [0.2, 0.25) is 0 Å². The normalized spacial score (nSPS) is 18.5. The molecule has 0 aromatic heterocycles. The number of hydroxylamine groups is 3. The first-order valence-electron chi connectivity index (χ1n) is 7.09. The molecular formula is C14H28N2O3. The Hall–Kier alpha value is -0.810. The fourth-order valence-electron chi connectivity index (χ4n) is 2.22. The Morgan fingerprint density at radius 2 is 1.84 bits per heavy atom. The van der Waals surface area contributed by atoms with E-state index < -0.39 is 5.60 Å². The molecule has 0 spiro atoms. The molecule has 0 aromatic rings. The predicted molar refractivity (Wildman–Crippen MR) is 75.5 cm³/mol. The summed E-state index contributed by atoms with van der Waals surface area (Å²) in [5.41, 5.74) is -0.433. The van der Waals surface area contributed by atoms with Crippen molar-refractivity contribution >= 4 is 6.09 Å². The van der Waals surface area contributed by atoms with E-state index in [0.717, 1.165) is 32.4 Å². The van der Waals surface area contributed by atoms with Gasteiger partial charge in [-0.25, -0.2) is 4.79 Å². The fraction of sp³-hybridized carbons (Fsp3) is 0.929. The Morgan fingerprint density at radius 1 is 1.32 bits per heavy atom. The highest BCUT2D eigenvalue weighted by Gasteiger charge is 2.27. The summed E-state index contributed by atoms with van der Waals surface area (Å²) in [6, 6.07) is 0. The van der Waals surface area contributed by atoms with E-state index in [1.165, 1.54) is 0 Å². The second-order valence-corrected chi connectivity index (χ2v) is 7.00. The van der Waals surface area contributed by atoms with Crippen LogP contribution in [0.4, 0.5) is 4.79 Å². The Kier molecular flexibility index (Phi) is 5.21. The number of likely N-dealkylation sites (tertiary alicyclic amines) is 1. The van der Waals surface area contributed by atoms with E-state index in [1.54, 1.807) is 19.0 Å². The summed E-state index contributed by atoms with van der Waals surface area (Å²) in [4.78, 5) is 13.7. The first kappa shape index (κ1) is 16.2. The second kappa shape index (κ2) is 6.09. The molecule has 0 atom stereocenters. The van der Waals surface area contributed by atoms with Gasteiger partial charge in [0, 0.05) is 13.1 Å². The SMILES string of the molecule is CC(C)(C)OC(=O)N1CCC(CC[N+](C)(C)[O-])CC1. The van der Waals surface area contributed by atoms with Gasteiger partial charge in [0.25, 0.3) is 0 Å². The van der Waals surface area contributed by atoms with Gasteiger partial charge in [0.15, 0.2) is 0 Å². The van der Waals surface area contributed by atoms with E-state index in [-0.39, 0.29) is 10.7 Å². The van der Waals surface area contributed by atoms with Crippen molar-refractivity contribution in [3.05, 3.63) is 5.21 Å². The number of quaternary nitrogens is 1. The van der Waals surface area contributed by atoms with Gasteiger partial charge in [-0.3, -0.25) is 0 Å². The summed E-state index contributed by atoms with van der Waals surface area (Å²) in [7, 11) is 3.35. The van der Waals surface area contributed by atoms with E-state index in [4.69, 9.17) is 4.74 Å². The van der Waals surface area contributed by atoms with E-state index in [9.17, 15) is 10.0 Å². The lowest BCUT2D eigenvalue weighted by Gasteiger charge is -2.37. The number of ether oxygens (including phenoxy) is 1. The maximum atomic E-state index is 11.9. The number of carbonyl (C=O) groups excluding carboxylic acids is 1. The summed E-state index contributed by atoms with van der Waals surface area (Å²) >= 11 is 0. The molecule has 0 radical (unpaired) electrons. The largest absolute Gasteiger partial charge is 0.633 e. The molecule has 0 unspecified atom stereocenters. The molecule has 0 N–H and O–H groups in total. The molecule has 5 nitrogen and oxygen atoms in total. The first-order valence-corrected chi connectivity index (χ1v) is 7.09. The summed E-state index contributed by atoms with van der Waals surface area (Å²) in [6.07, 6.45) is 2.67. The molecule has 1 fully saturated rings. The highest BCUT2D eigenvalue weighted by molar-refractivity contribution is 5.68. The van der Waals surface area contributed by atoms with Crippen LogP contribution >= 0.6 is 0 Å². The van der Waals surface area contributed by atoms with Crippen LogP contribution in [0.3, 0.4) is 0 Å². The van der Waals surface area contributed by atoms with Gasteiger partial charge in [-0.05, 0) is 46.0 Å². The average Bonchev–Trinajstić information content (AvgIpc) is 2.23. The van der Waals surface area contributed by atoms with Gasteiger partial charge < -0.3 is 19.5 Å². The molecule has 0 saturated carbocycles. The third-order valence-corrected chi connectivity index (χ3v) is 3.34. The third kappa shape index (κ3) is 6.78. The molecule has 0 aliphatic carbocycles. The van der Waals surface area contributed by atoms with Crippen LogP contribution < -0.4 is 0 Å². The van der Waals surface area contributed by atoms with Gasteiger partial charge in [-0.1, -0.05) is 0 Å². The molecule has 19 heavy (non-hydrogen) atoms. The Labute approximate surface area is 116 Å². The molecule has 1 aliphatic rings. The summed E-state index contributed by atoms with van der Waals surface area (Å²) in [5, 5.41) is 11.5. The minimum absolute atomic E-state index is 0.217. The molecule has 0 aromatic carbocycles. The topological polar surface area (TPSA) is 52.6 Å². The van der Waals surface area contributed by atoms with Crippen molar-refractivity contribution < 1.29 is 14.2 Å². The molecule has 5 heteroatoms. The van der Waals surface area contributed by atoms with E-state index in [0.29, 0.717) is 12.5 Å². The van der Waals surface area contributed by atoms with Crippen LogP contribution in [-0.2, 0) is 4.74 Å². The molecule has 1 aliphatic heterocycles. The highest BCUT2D eigenvalue weighted by atomic mass is 16.6.